The molecule has 0 aliphatic heterocycles. The first kappa shape index (κ1) is 21.6. The van der Waals surface area contributed by atoms with Crippen molar-refractivity contribution in [1.29, 1.82) is 0 Å². The van der Waals surface area contributed by atoms with Crippen LogP contribution in [0.5, 0.6) is 0 Å². The van der Waals surface area contributed by atoms with E-state index in [9.17, 15) is 0 Å². The summed E-state index contributed by atoms with van der Waals surface area (Å²) in [6, 6.07) is 17.4. The molecule has 2 heterocycles. The van der Waals surface area contributed by atoms with Crippen LogP contribution >= 0.6 is 11.6 Å². The number of rotatable bonds is 7. The van der Waals surface area contributed by atoms with Crippen molar-refractivity contribution in [3.05, 3.63) is 83.5 Å². The molecule has 0 unspecified atom stereocenters. The second kappa shape index (κ2) is 10.1. The van der Waals surface area contributed by atoms with Crippen LogP contribution < -0.4 is 5.32 Å². The normalized spacial score (nSPS) is 11.5. The number of aliphatic imine (C=N–C) groups is 1. The Morgan fingerprint density at radius 2 is 2.03 bits per heavy atom. The molecule has 0 saturated heterocycles. The van der Waals surface area contributed by atoms with Crippen molar-refractivity contribution in [3.8, 4) is 17.1 Å². The number of para-hydroxylation sites is 1. The van der Waals surface area contributed by atoms with Gasteiger partial charge >= 0.3 is 0 Å². The van der Waals surface area contributed by atoms with E-state index >= 15 is 0 Å². The van der Waals surface area contributed by atoms with Crippen LogP contribution in [-0.2, 0) is 13.0 Å². The van der Waals surface area contributed by atoms with Gasteiger partial charge in [0.2, 0.25) is 11.7 Å². The number of hydrogen-bond acceptors (Lipinski definition) is 5. The maximum atomic E-state index is 6.04. The fraction of sp³-hybridized carbons (Fsp3) is 0.217. The number of nitrogens with zero attached hydrogens (tertiary/aromatic N) is 6. The fourth-order valence-electron chi connectivity index (χ4n) is 3.28. The van der Waals surface area contributed by atoms with Gasteiger partial charge in [0.05, 0.1) is 11.9 Å². The molecular formula is C23H24ClN7O. The van der Waals surface area contributed by atoms with Crippen molar-refractivity contribution in [2.45, 2.75) is 13.0 Å². The predicted octanol–water partition coefficient (Wildman–Crippen LogP) is 3.83. The van der Waals surface area contributed by atoms with Gasteiger partial charge in [0.15, 0.2) is 5.96 Å². The summed E-state index contributed by atoms with van der Waals surface area (Å²) in [4.78, 5) is 10.9. The van der Waals surface area contributed by atoms with E-state index in [2.05, 4.69) is 25.5 Å². The lowest BCUT2D eigenvalue weighted by Gasteiger charge is -2.21. The number of hydrogen-bond donors (Lipinski definition) is 1. The van der Waals surface area contributed by atoms with Gasteiger partial charge in [-0.15, -0.1) is 0 Å². The Bertz CT molecular complexity index is 1190. The van der Waals surface area contributed by atoms with Crippen molar-refractivity contribution in [2.75, 3.05) is 20.6 Å². The monoisotopic (exact) mass is 449 g/mol. The molecule has 0 aliphatic rings. The van der Waals surface area contributed by atoms with Crippen LogP contribution in [0.4, 0.5) is 0 Å². The first-order valence-electron chi connectivity index (χ1n) is 10.2. The molecule has 4 aromatic rings. The quantitative estimate of drug-likeness (QED) is 0.341. The molecule has 0 amide bonds. The van der Waals surface area contributed by atoms with Gasteiger partial charge in [0, 0.05) is 56.0 Å². The van der Waals surface area contributed by atoms with Crippen LogP contribution in [0.3, 0.4) is 0 Å². The molecule has 2 aromatic heterocycles. The molecule has 9 heteroatoms. The van der Waals surface area contributed by atoms with Crippen molar-refractivity contribution in [1.82, 2.24) is 30.1 Å². The van der Waals surface area contributed by atoms with Crippen LogP contribution in [0.2, 0.25) is 5.02 Å². The Morgan fingerprint density at radius 3 is 2.81 bits per heavy atom. The van der Waals surface area contributed by atoms with Gasteiger partial charge in [-0.2, -0.15) is 10.1 Å². The lowest BCUT2D eigenvalue weighted by atomic mass is 10.2. The number of halogens is 1. The maximum absolute atomic E-state index is 6.04. The lowest BCUT2D eigenvalue weighted by molar-refractivity contribution is 0.377. The molecule has 8 nitrogen and oxygen atoms in total. The van der Waals surface area contributed by atoms with Crippen LogP contribution in [-0.4, -0.2) is 51.4 Å². The standard InChI is InChI=1S/C23H24ClN7O/c1-25-23(30(2)15-17-14-27-31(16-17)20-9-4-3-5-10-20)26-12-11-21-28-22(29-32-21)18-7-6-8-19(24)13-18/h3-10,13-14,16H,11-12,15H2,1-2H3,(H,25,26). The molecule has 32 heavy (non-hydrogen) atoms. The lowest BCUT2D eigenvalue weighted by Crippen LogP contribution is -2.39. The third kappa shape index (κ3) is 5.33. The van der Waals surface area contributed by atoms with Crippen LogP contribution in [0.15, 0.2) is 76.5 Å². The zero-order chi connectivity index (χ0) is 22.3. The number of benzene rings is 2. The second-order valence-electron chi connectivity index (χ2n) is 7.23. The Balaban J connectivity index is 1.30. The Labute approximate surface area is 191 Å². The zero-order valence-electron chi connectivity index (χ0n) is 17.9. The number of aromatic nitrogens is 4. The molecule has 0 aliphatic carbocycles. The van der Waals surface area contributed by atoms with E-state index in [4.69, 9.17) is 16.1 Å². The molecule has 0 bridgehead atoms. The Kier molecular flexibility index (Phi) is 6.81. The number of guanidine groups is 1. The van der Waals surface area contributed by atoms with E-state index in [-0.39, 0.29) is 0 Å². The van der Waals surface area contributed by atoms with Crippen molar-refractivity contribution < 1.29 is 4.52 Å². The van der Waals surface area contributed by atoms with Crippen LogP contribution in [0.1, 0.15) is 11.5 Å². The molecule has 0 spiro atoms. The molecule has 4 rings (SSSR count). The highest BCUT2D eigenvalue weighted by Gasteiger charge is 2.11. The molecule has 0 saturated carbocycles. The maximum Gasteiger partial charge on any atom is 0.228 e. The third-order valence-corrected chi connectivity index (χ3v) is 5.06. The minimum Gasteiger partial charge on any atom is -0.356 e. The average Bonchev–Trinajstić information content (AvgIpc) is 3.47. The average molecular weight is 450 g/mol. The molecular weight excluding hydrogens is 426 g/mol. The highest BCUT2D eigenvalue weighted by Crippen LogP contribution is 2.20. The van der Waals surface area contributed by atoms with Gasteiger partial charge in [0.1, 0.15) is 0 Å². The van der Waals surface area contributed by atoms with E-state index in [1.54, 1.807) is 7.05 Å². The predicted molar refractivity (Wildman–Crippen MR) is 125 cm³/mol. The number of nitrogens with one attached hydrogen (secondary N) is 1. The van der Waals surface area contributed by atoms with Crippen molar-refractivity contribution >= 4 is 17.6 Å². The van der Waals surface area contributed by atoms with Gasteiger partial charge in [-0.05, 0) is 24.3 Å². The largest absolute Gasteiger partial charge is 0.356 e. The summed E-state index contributed by atoms with van der Waals surface area (Å²) in [6.07, 6.45) is 4.47. The fourth-order valence-corrected chi connectivity index (χ4v) is 3.47. The molecule has 0 atom stereocenters. The van der Waals surface area contributed by atoms with Crippen molar-refractivity contribution in [3.63, 3.8) is 0 Å². The van der Waals surface area contributed by atoms with Crippen LogP contribution in [0, 0.1) is 0 Å². The van der Waals surface area contributed by atoms with E-state index in [1.165, 1.54) is 0 Å². The van der Waals surface area contributed by atoms with E-state index < -0.39 is 0 Å². The second-order valence-corrected chi connectivity index (χ2v) is 7.67. The highest BCUT2D eigenvalue weighted by atomic mass is 35.5. The summed E-state index contributed by atoms with van der Waals surface area (Å²) in [5.41, 5.74) is 2.94. The first-order valence-corrected chi connectivity index (χ1v) is 10.6. The van der Waals surface area contributed by atoms with Gasteiger partial charge in [0.25, 0.3) is 0 Å². The zero-order valence-corrected chi connectivity index (χ0v) is 18.7. The van der Waals surface area contributed by atoms with E-state index in [0.717, 1.165) is 22.8 Å². The first-order chi connectivity index (χ1) is 15.6. The summed E-state index contributed by atoms with van der Waals surface area (Å²) in [5, 5.41) is 12.5. The van der Waals surface area contributed by atoms with Gasteiger partial charge in [-0.25, -0.2) is 4.68 Å². The summed E-state index contributed by atoms with van der Waals surface area (Å²) in [6.45, 7) is 1.28. The summed E-state index contributed by atoms with van der Waals surface area (Å²) < 4.78 is 7.23. The summed E-state index contributed by atoms with van der Waals surface area (Å²) in [5.74, 6) is 1.85. The Hall–Kier alpha value is -3.65. The van der Waals surface area contributed by atoms with Gasteiger partial charge in [-0.3, -0.25) is 4.99 Å². The smallest absolute Gasteiger partial charge is 0.228 e. The Morgan fingerprint density at radius 1 is 1.19 bits per heavy atom. The van der Waals surface area contributed by atoms with Crippen molar-refractivity contribution in [2.24, 2.45) is 4.99 Å². The molecule has 2 aromatic carbocycles. The summed E-state index contributed by atoms with van der Waals surface area (Å²) >= 11 is 6.04. The highest BCUT2D eigenvalue weighted by molar-refractivity contribution is 6.30. The van der Waals surface area contributed by atoms with E-state index in [1.807, 2.05) is 83.6 Å². The topological polar surface area (TPSA) is 84.4 Å². The molecule has 0 radical (unpaired) electrons. The minimum atomic E-state index is 0.527. The van der Waals surface area contributed by atoms with E-state index in [0.29, 0.717) is 36.2 Å². The van der Waals surface area contributed by atoms with Crippen LogP contribution in [0.25, 0.3) is 17.1 Å². The molecule has 0 fully saturated rings. The minimum absolute atomic E-state index is 0.527. The van der Waals surface area contributed by atoms with Gasteiger partial charge in [-0.1, -0.05) is 47.1 Å². The third-order valence-electron chi connectivity index (χ3n) is 4.82. The molecule has 1 N–H and O–H groups in total. The summed E-state index contributed by atoms with van der Waals surface area (Å²) in [7, 11) is 3.75. The molecule has 164 valence electrons. The SMILES string of the molecule is CN=C(NCCc1nc(-c2cccc(Cl)c2)no1)N(C)Cc1cnn(-c2ccccc2)c1. The van der Waals surface area contributed by atoms with Gasteiger partial charge < -0.3 is 14.7 Å².